The zero-order valence-electron chi connectivity index (χ0n) is 12.2. The fourth-order valence-corrected chi connectivity index (χ4v) is 3.60. The molecule has 1 aliphatic rings. The first kappa shape index (κ1) is 15.0. The summed E-state index contributed by atoms with van der Waals surface area (Å²) in [6.45, 7) is 3.88. The number of rotatable bonds is 4. The van der Waals surface area contributed by atoms with Crippen LogP contribution in [-0.2, 0) is 10.2 Å². The molecular formula is C17H24O3. The second kappa shape index (κ2) is 5.96. The Labute approximate surface area is 120 Å². The van der Waals surface area contributed by atoms with Crippen LogP contribution in [0.4, 0.5) is 0 Å². The van der Waals surface area contributed by atoms with Crippen molar-refractivity contribution in [1.82, 2.24) is 0 Å². The van der Waals surface area contributed by atoms with E-state index in [1.54, 1.807) is 6.92 Å². The lowest BCUT2D eigenvalue weighted by atomic mass is 9.61. The van der Waals surface area contributed by atoms with E-state index in [-0.39, 0.29) is 11.3 Å². The van der Waals surface area contributed by atoms with Crippen molar-refractivity contribution < 1.29 is 15.0 Å². The van der Waals surface area contributed by atoms with E-state index in [1.807, 2.05) is 18.2 Å². The van der Waals surface area contributed by atoms with Crippen LogP contribution in [0.25, 0.3) is 0 Å². The molecule has 1 aromatic rings. The fourth-order valence-electron chi connectivity index (χ4n) is 3.60. The third-order valence-electron chi connectivity index (χ3n) is 5.13. The van der Waals surface area contributed by atoms with Gasteiger partial charge in [-0.3, -0.25) is 4.79 Å². The van der Waals surface area contributed by atoms with Gasteiger partial charge < -0.3 is 10.2 Å². The molecule has 2 N–H and O–H groups in total. The Balaban J connectivity index is 2.30. The molecule has 1 fully saturated rings. The van der Waals surface area contributed by atoms with Crippen molar-refractivity contribution in [2.75, 3.05) is 0 Å². The minimum Gasteiger partial charge on any atom is -0.481 e. The molecule has 3 heteroatoms. The second-order valence-corrected chi connectivity index (χ2v) is 6.10. The molecular weight excluding hydrogens is 252 g/mol. The minimum absolute atomic E-state index is 0.00880. The predicted molar refractivity (Wildman–Crippen MR) is 78.6 cm³/mol. The van der Waals surface area contributed by atoms with Crippen LogP contribution in [-0.4, -0.2) is 22.3 Å². The topological polar surface area (TPSA) is 57.5 Å². The molecule has 0 radical (unpaired) electrons. The Morgan fingerprint density at radius 1 is 1.40 bits per heavy atom. The van der Waals surface area contributed by atoms with Crippen molar-refractivity contribution in [3.05, 3.63) is 35.9 Å². The van der Waals surface area contributed by atoms with Crippen molar-refractivity contribution in [3.63, 3.8) is 0 Å². The highest BCUT2D eigenvalue weighted by molar-refractivity contribution is 5.70. The van der Waals surface area contributed by atoms with Crippen LogP contribution in [0.1, 0.15) is 45.1 Å². The molecule has 1 aliphatic carbocycles. The highest BCUT2D eigenvalue weighted by Gasteiger charge is 2.43. The molecule has 2 rings (SSSR count). The van der Waals surface area contributed by atoms with E-state index in [9.17, 15) is 15.0 Å². The highest BCUT2D eigenvalue weighted by atomic mass is 16.4. The molecule has 0 amide bonds. The lowest BCUT2D eigenvalue weighted by Crippen LogP contribution is -2.43. The first-order chi connectivity index (χ1) is 9.50. The number of carboxylic acids is 1. The number of carboxylic acid groups (broad SMARTS) is 1. The van der Waals surface area contributed by atoms with E-state index in [0.717, 1.165) is 19.3 Å². The van der Waals surface area contributed by atoms with Crippen molar-refractivity contribution in [2.45, 2.75) is 51.0 Å². The van der Waals surface area contributed by atoms with Gasteiger partial charge in [-0.2, -0.15) is 0 Å². The Morgan fingerprint density at radius 2 is 2.05 bits per heavy atom. The minimum atomic E-state index is -0.811. The van der Waals surface area contributed by atoms with Crippen LogP contribution in [0.3, 0.4) is 0 Å². The predicted octanol–water partition coefficient (Wildman–Crippen LogP) is 3.22. The molecule has 4 unspecified atom stereocenters. The summed E-state index contributed by atoms with van der Waals surface area (Å²) in [6.07, 6.45) is 2.85. The van der Waals surface area contributed by atoms with Gasteiger partial charge in [-0.1, -0.05) is 44.2 Å². The summed E-state index contributed by atoms with van der Waals surface area (Å²) in [6, 6.07) is 10.3. The maximum atomic E-state index is 11.3. The first-order valence-corrected chi connectivity index (χ1v) is 7.46. The summed E-state index contributed by atoms with van der Waals surface area (Å²) in [5.74, 6) is -1.48. The molecule has 1 saturated carbocycles. The summed E-state index contributed by atoms with van der Waals surface area (Å²) < 4.78 is 0. The van der Waals surface area contributed by atoms with Crippen LogP contribution in [0.15, 0.2) is 30.3 Å². The summed E-state index contributed by atoms with van der Waals surface area (Å²) in [5.41, 5.74) is 1.28. The van der Waals surface area contributed by atoms with E-state index in [0.29, 0.717) is 6.42 Å². The molecule has 20 heavy (non-hydrogen) atoms. The molecule has 0 aliphatic heterocycles. The van der Waals surface area contributed by atoms with Crippen LogP contribution in [0, 0.1) is 11.8 Å². The average Bonchev–Trinajstić information content (AvgIpc) is 2.48. The Kier molecular flexibility index (Phi) is 4.48. The number of hydrogen-bond acceptors (Lipinski definition) is 2. The lowest BCUT2D eigenvalue weighted by Gasteiger charge is -2.44. The summed E-state index contributed by atoms with van der Waals surface area (Å²) >= 11 is 0. The average molecular weight is 276 g/mol. The molecule has 110 valence electrons. The van der Waals surface area contributed by atoms with Gasteiger partial charge in [-0.05, 0) is 42.6 Å². The standard InChI is InChI=1S/C17H24O3/c1-3-17(13-7-5-4-6-8-13)10-9-15(18)14(11-17)12(2)16(19)20/h4-8,12,14-15,18H,3,9-11H2,1-2H3,(H,19,20). The summed E-state index contributed by atoms with van der Waals surface area (Å²) in [7, 11) is 0. The van der Waals surface area contributed by atoms with Gasteiger partial charge >= 0.3 is 5.97 Å². The van der Waals surface area contributed by atoms with Gasteiger partial charge in [-0.25, -0.2) is 0 Å². The largest absolute Gasteiger partial charge is 0.481 e. The normalized spacial score (nSPS) is 31.8. The lowest BCUT2D eigenvalue weighted by molar-refractivity contribution is -0.146. The van der Waals surface area contributed by atoms with Crippen molar-refractivity contribution in [1.29, 1.82) is 0 Å². The van der Waals surface area contributed by atoms with Crippen LogP contribution < -0.4 is 0 Å². The number of benzene rings is 1. The van der Waals surface area contributed by atoms with Gasteiger partial charge in [0.1, 0.15) is 0 Å². The van der Waals surface area contributed by atoms with Crippen molar-refractivity contribution in [3.8, 4) is 0 Å². The van der Waals surface area contributed by atoms with Crippen molar-refractivity contribution in [2.24, 2.45) is 11.8 Å². The second-order valence-electron chi connectivity index (χ2n) is 6.10. The number of aliphatic hydroxyl groups is 1. The van der Waals surface area contributed by atoms with Gasteiger partial charge in [0.2, 0.25) is 0 Å². The number of hydrogen-bond donors (Lipinski definition) is 2. The zero-order valence-corrected chi connectivity index (χ0v) is 12.2. The van der Waals surface area contributed by atoms with Gasteiger partial charge in [0.25, 0.3) is 0 Å². The monoisotopic (exact) mass is 276 g/mol. The van der Waals surface area contributed by atoms with E-state index in [4.69, 9.17) is 0 Å². The van der Waals surface area contributed by atoms with E-state index in [1.165, 1.54) is 5.56 Å². The Hall–Kier alpha value is -1.35. The number of carbonyl (C=O) groups is 1. The first-order valence-electron chi connectivity index (χ1n) is 7.46. The summed E-state index contributed by atoms with van der Waals surface area (Å²) in [4.78, 5) is 11.3. The van der Waals surface area contributed by atoms with Gasteiger partial charge in [-0.15, -0.1) is 0 Å². The highest BCUT2D eigenvalue weighted by Crippen LogP contribution is 2.46. The van der Waals surface area contributed by atoms with Gasteiger partial charge in [0.15, 0.2) is 0 Å². The van der Waals surface area contributed by atoms with Crippen LogP contribution in [0.2, 0.25) is 0 Å². The smallest absolute Gasteiger partial charge is 0.306 e. The molecule has 0 saturated heterocycles. The molecule has 0 heterocycles. The van der Waals surface area contributed by atoms with Crippen LogP contribution in [0.5, 0.6) is 0 Å². The third kappa shape index (κ3) is 2.73. The quantitative estimate of drug-likeness (QED) is 0.887. The SMILES string of the molecule is CCC1(c2ccccc2)CCC(O)C(C(C)C(=O)O)C1. The third-order valence-corrected chi connectivity index (χ3v) is 5.13. The molecule has 0 bridgehead atoms. The molecule has 0 spiro atoms. The fraction of sp³-hybridized carbons (Fsp3) is 0.588. The van der Waals surface area contributed by atoms with Gasteiger partial charge in [0.05, 0.1) is 12.0 Å². The Morgan fingerprint density at radius 3 is 2.60 bits per heavy atom. The van der Waals surface area contributed by atoms with Gasteiger partial charge in [0, 0.05) is 0 Å². The maximum Gasteiger partial charge on any atom is 0.306 e. The van der Waals surface area contributed by atoms with Crippen LogP contribution >= 0.6 is 0 Å². The zero-order chi connectivity index (χ0) is 14.8. The molecule has 4 atom stereocenters. The summed E-state index contributed by atoms with van der Waals surface area (Å²) in [5, 5.41) is 19.5. The van der Waals surface area contributed by atoms with E-state index >= 15 is 0 Å². The number of aliphatic carboxylic acids is 1. The van der Waals surface area contributed by atoms with E-state index < -0.39 is 18.0 Å². The molecule has 1 aromatic carbocycles. The Bertz CT molecular complexity index is 457. The molecule has 3 nitrogen and oxygen atoms in total. The van der Waals surface area contributed by atoms with E-state index in [2.05, 4.69) is 19.1 Å². The molecule has 0 aromatic heterocycles. The number of aliphatic hydroxyl groups excluding tert-OH is 1. The maximum absolute atomic E-state index is 11.3. The van der Waals surface area contributed by atoms with Crippen molar-refractivity contribution >= 4 is 5.97 Å².